The summed E-state index contributed by atoms with van der Waals surface area (Å²) in [5.41, 5.74) is 5.96. The van der Waals surface area contributed by atoms with Crippen LogP contribution in [0.15, 0.2) is 24.5 Å². The molecule has 1 aromatic rings. The molecule has 5 rings (SSSR count). The van der Waals surface area contributed by atoms with Crippen molar-refractivity contribution in [3.8, 4) is 0 Å². The van der Waals surface area contributed by atoms with Gasteiger partial charge in [0.1, 0.15) is 0 Å². The number of aromatic nitrogens is 1. The topological polar surface area (TPSA) is 71.1 Å². The fourth-order valence-corrected chi connectivity index (χ4v) is 6.52. The summed E-state index contributed by atoms with van der Waals surface area (Å²) in [6.07, 6.45) is 9.70. The van der Waals surface area contributed by atoms with E-state index in [1.807, 2.05) is 0 Å². The van der Waals surface area contributed by atoms with Gasteiger partial charge >= 0.3 is 0 Å². The zero-order valence-corrected chi connectivity index (χ0v) is 14.4. The quantitative estimate of drug-likeness (QED) is 0.821. The summed E-state index contributed by atoms with van der Waals surface area (Å²) in [4.78, 5) is 29.0. The average molecular weight is 327 g/mol. The van der Waals surface area contributed by atoms with Crippen molar-refractivity contribution < 1.29 is 9.59 Å². The lowest BCUT2D eigenvalue weighted by atomic mass is 9.40. The molecule has 2 amide bonds. The van der Waals surface area contributed by atoms with Gasteiger partial charge in [0.2, 0.25) is 5.91 Å². The molecule has 0 unspecified atom stereocenters. The van der Waals surface area contributed by atoms with Crippen LogP contribution in [-0.4, -0.2) is 16.8 Å². The van der Waals surface area contributed by atoms with Gasteiger partial charge in [0, 0.05) is 12.4 Å². The zero-order chi connectivity index (χ0) is 17.0. The summed E-state index contributed by atoms with van der Waals surface area (Å²) in [5, 5.41) is 0. The number of rotatable bonds is 2. The van der Waals surface area contributed by atoms with Crippen molar-refractivity contribution in [1.29, 1.82) is 0 Å². The highest BCUT2D eigenvalue weighted by Gasteiger charge is 2.62. The minimum Gasteiger partial charge on any atom is -0.273 e. The molecule has 128 valence electrons. The lowest BCUT2D eigenvalue weighted by Crippen LogP contribution is -2.61. The van der Waals surface area contributed by atoms with E-state index in [0.717, 1.165) is 19.3 Å². The van der Waals surface area contributed by atoms with E-state index in [1.54, 1.807) is 18.3 Å². The number of pyridine rings is 1. The summed E-state index contributed by atoms with van der Waals surface area (Å²) in [7, 11) is 0. The molecule has 0 saturated heterocycles. The van der Waals surface area contributed by atoms with Crippen molar-refractivity contribution in [2.24, 2.45) is 22.2 Å². The largest absolute Gasteiger partial charge is 0.273 e. The highest BCUT2D eigenvalue weighted by Crippen LogP contribution is 2.69. The molecule has 4 aliphatic rings. The molecule has 2 atom stereocenters. The third-order valence-electron chi connectivity index (χ3n) is 6.32. The van der Waals surface area contributed by atoms with Crippen LogP contribution in [0.3, 0.4) is 0 Å². The Balaban J connectivity index is 1.48. The number of carbonyl (C=O) groups excluding carboxylic acids is 2. The van der Waals surface area contributed by atoms with E-state index >= 15 is 0 Å². The van der Waals surface area contributed by atoms with Crippen molar-refractivity contribution in [3.63, 3.8) is 0 Å². The van der Waals surface area contributed by atoms with Gasteiger partial charge in [0.25, 0.3) is 5.91 Å². The molecule has 4 bridgehead atoms. The van der Waals surface area contributed by atoms with Crippen LogP contribution >= 0.6 is 0 Å². The summed E-state index contributed by atoms with van der Waals surface area (Å²) >= 11 is 0. The van der Waals surface area contributed by atoms with E-state index in [0.29, 0.717) is 11.5 Å². The van der Waals surface area contributed by atoms with E-state index in [-0.39, 0.29) is 28.1 Å². The van der Waals surface area contributed by atoms with Gasteiger partial charge in [-0.3, -0.25) is 25.4 Å². The molecular weight excluding hydrogens is 302 g/mol. The highest BCUT2D eigenvalue weighted by atomic mass is 16.2. The van der Waals surface area contributed by atoms with Gasteiger partial charge < -0.3 is 0 Å². The van der Waals surface area contributed by atoms with Gasteiger partial charge in [-0.2, -0.15) is 0 Å². The average Bonchev–Trinajstić information content (AvgIpc) is 2.49. The molecule has 24 heavy (non-hydrogen) atoms. The summed E-state index contributed by atoms with van der Waals surface area (Å²) < 4.78 is 0. The zero-order valence-electron chi connectivity index (χ0n) is 14.4. The van der Waals surface area contributed by atoms with Crippen molar-refractivity contribution >= 4 is 11.8 Å². The van der Waals surface area contributed by atoms with Gasteiger partial charge in [-0.1, -0.05) is 13.8 Å². The van der Waals surface area contributed by atoms with Crippen LogP contribution in [-0.2, 0) is 4.79 Å². The summed E-state index contributed by atoms with van der Waals surface area (Å²) in [6, 6.07) is 3.39. The third kappa shape index (κ3) is 2.50. The van der Waals surface area contributed by atoms with Crippen LogP contribution in [0.4, 0.5) is 0 Å². The molecule has 2 N–H and O–H groups in total. The molecule has 1 heterocycles. The summed E-state index contributed by atoms with van der Waals surface area (Å²) in [6.45, 7) is 4.68. The Morgan fingerprint density at radius 2 is 1.79 bits per heavy atom. The normalized spacial score (nSPS) is 39.5. The maximum Gasteiger partial charge on any atom is 0.271 e. The predicted octanol–water partition coefficient (Wildman–Crippen LogP) is 2.84. The first-order chi connectivity index (χ1) is 11.3. The minimum absolute atomic E-state index is 0.0127. The van der Waals surface area contributed by atoms with Crippen molar-refractivity contribution in [1.82, 2.24) is 15.8 Å². The van der Waals surface area contributed by atoms with E-state index < -0.39 is 0 Å². The number of hydrogen-bond donors (Lipinski definition) is 2. The van der Waals surface area contributed by atoms with Crippen LogP contribution in [0, 0.1) is 22.2 Å². The van der Waals surface area contributed by atoms with E-state index in [1.165, 1.54) is 25.5 Å². The van der Waals surface area contributed by atoms with Gasteiger partial charge in [-0.15, -0.1) is 0 Å². The van der Waals surface area contributed by atoms with Gasteiger partial charge in [-0.25, -0.2) is 0 Å². The van der Waals surface area contributed by atoms with Crippen molar-refractivity contribution in [2.75, 3.05) is 0 Å². The molecule has 5 nitrogen and oxygen atoms in total. The Bertz CT molecular complexity index is 669. The second-order valence-electron chi connectivity index (χ2n) is 9.06. The number of carbonyl (C=O) groups is 2. The fourth-order valence-electron chi connectivity index (χ4n) is 6.52. The van der Waals surface area contributed by atoms with Gasteiger partial charge in [-0.05, 0) is 67.4 Å². The van der Waals surface area contributed by atoms with Crippen LogP contribution in [0.1, 0.15) is 62.7 Å². The SMILES string of the molecule is C[C@@]12CC3CC(C(=O)NNC(=O)c4cccnc4)(C1)C[C@@](C)(C3)C2. The first-order valence-electron chi connectivity index (χ1n) is 8.83. The Morgan fingerprint density at radius 1 is 1.08 bits per heavy atom. The number of hydrogen-bond acceptors (Lipinski definition) is 3. The Labute approximate surface area is 142 Å². The van der Waals surface area contributed by atoms with E-state index in [9.17, 15) is 9.59 Å². The Morgan fingerprint density at radius 3 is 2.38 bits per heavy atom. The first kappa shape index (κ1) is 15.6. The molecule has 4 aliphatic carbocycles. The monoisotopic (exact) mass is 327 g/mol. The lowest BCUT2D eigenvalue weighted by Gasteiger charge is -2.64. The molecule has 4 fully saturated rings. The predicted molar refractivity (Wildman–Crippen MR) is 89.7 cm³/mol. The smallest absolute Gasteiger partial charge is 0.271 e. The molecule has 5 heteroatoms. The second-order valence-corrected chi connectivity index (χ2v) is 9.06. The third-order valence-corrected chi connectivity index (χ3v) is 6.32. The van der Waals surface area contributed by atoms with E-state index in [4.69, 9.17) is 0 Å². The van der Waals surface area contributed by atoms with Crippen LogP contribution in [0.25, 0.3) is 0 Å². The van der Waals surface area contributed by atoms with Crippen LogP contribution in [0.5, 0.6) is 0 Å². The number of nitrogens with one attached hydrogen (secondary N) is 2. The highest BCUT2D eigenvalue weighted by molar-refractivity contribution is 5.95. The number of amides is 2. The van der Waals surface area contributed by atoms with Gasteiger partial charge in [0.05, 0.1) is 11.0 Å². The number of hydrazine groups is 1. The molecule has 1 aromatic heterocycles. The fraction of sp³-hybridized carbons (Fsp3) is 0.632. The van der Waals surface area contributed by atoms with Crippen molar-refractivity contribution in [2.45, 2.75) is 52.4 Å². The molecular formula is C19H25N3O2. The minimum atomic E-state index is -0.321. The maximum absolute atomic E-state index is 13.0. The molecule has 0 aliphatic heterocycles. The Kier molecular flexibility index (Phi) is 3.28. The Hall–Kier alpha value is -1.91. The summed E-state index contributed by atoms with van der Waals surface area (Å²) in [5.74, 6) is 0.316. The molecule has 0 spiro atoms. The maximum atomic E-state index is 13.0. The first-order valence-corrected chi connectivity index (χ1v) is 8.83. The molecule has 0 aromatic carbocycles. The van der Waals surface area contributed by atoms with Gasteiger partial charge in [0.15, 0.2) is 0 Å². The number of nitrogens with zero attached hydrogens (tertiary/aromatic N) is 1. The molecule has 4 saturated carbocycles. The van der Waals surface area contributed by atoms with Crippen LogP contribution < -0.4 is 10.9 Å². The lowest BCUT2D eigenvalue weighted by molar-refractivity contribution is -0.170. The standard InChI is InChI=1S/C19H25N3O2/c1-17-6-13-7-18(2,10-17)12-19(8-13,11-17)16(24)22-21-15(23)14-4-3-5-20-9-14/h3-5,9,13H,6-8,10-12H2,1-2H3,(H,21,23)(H,22,24)/t13?,17-,18-,19?/m0/s1. The molecule has 0 radical (unpaired) electrons. The van der Waals surface area contributed by atoms with Crippen molar-refractivity contribution in [3.05, 3.63) is 30.1 Å². The van der Waals surface area contributed by atoms with Crippen LogP contribution in [0.2, 0.25) is 0 Å². The van der Waals surface area contributed by atoms with E-state index in [2.05, 4.69) is 29.7 Å². The second kappa shape index (κ2) is 5.04.